The topological polar surface area (TPSA) is 59.7 Å². The molecule has 0 radical (unpaired) electrons. The Labute approximate surface area is 84.7 Å². The first-order valence-corrected chi connectivity index (χ1v) is 4.64. The van der Waals surface area contributed by atoms with Gasteiger partial charge in [0, 0.05) is 0 Å². The highest BCUT2D eigenvalue weighted by molar-refractivity contribution is 5.84. The molecule has 15 heavy (non-hydrogen) atoms. The van der Waals surface area contributed by atoms with Gasteiger partial charge in [-0.1, -0.05) is 12.1 Å². The van der Waals surface area contributed by atoms with Crippen molar-refractivity contribution < 1.29 is 14.3 Å². The summed E-state index contributed by atoms with van der Waals surface area (Å²) < 4.78 is 10.4. The van der Waals surface area contributed by atoms with Crippen LogP contribution in [0.2, 0.25) is 0 Å². The lowest BCUT2D eigenvalue weighted by molar-refractivity contribution is 0.139. The monoisotopic (exact) mass is 204 g/mol. The summed E-state index contributed by atoms with van der Waals surface area (Å²) in [6.45, 7) is 0.119. The van der Waals surface area contributed by atoms with E-state index >= 15 is 0 Å². The van der Waals surface area contributed by atoms with Crippen molar-refractivity contribution in [1.82, 2.24) is 0 Å². The molecule has 0 bridgehead atoms. The van der Waals surface area contributed by atoms with Gasteiger partial charge in [0.05, 0.1) is 5.39 Å². The molecule has 2 heterocycles. The van der Waals surface area contributed by atoms with E-state index in [1.807, 2.05) is 6.07 Å². The molecule has 0 fully saturated rings. The molecule has 1 atom stereocenters. The number of ether oxygens (including phenoxy) is 1. The summed E-state index contributed by atoms with van der Waals surface area (Å²) in [6, 6.07) is 7.11. The molecule has 1 aromatic carbocycles. The van der Waals surface area contributed by atoms with Crippen molar-refractivity contribution in [3.05, 3.63) is 40.2 Å². The summed E-state index contributed by atoms with van der Waals surface area (Å²) in [5.41, 5.74) is 0.192. The number of fused-ring (bicyclic) bond motifs is 3. The fourth-order valence-electron chi connectivity index (χ4n) is 1.82. The van der Waals surface area contributed by atoms with Crippen molar-refractivity contribution in [3.63, 3.8) is 0 Å². The summed E-state index contributed by atoms with van der Waals surface area (Å²) in [4.78, 5) is 11.5. The van der Waals surface area contributed by atoms with Gasteiger partial charge in [-0.3, -0.25) is 0 Å². The number of para-hydroxylation sites is 1. The number of hydrogen-bond donors (Lipinski definition) is 1. The van der Waals surface area contributed by atoms with Gasteiger partial charge in [-0.25, -0.2) is 4.79 Å². The van der Waals surface area contributed by atoms with Gasteiger partial charge in [0.1, 0.15) is 29.6 Å². The maximum Gasteiger partial charge on any atom is 0.346 e. The highest BCUT2D eigenvalue weighted by atomic mass is 16.5. The van der Waals surface area contributed by atoms with Crippen LogP contribution in [-0.4, -0.2) is 11.7 Å². The normalized spacial score (nSPS) is 18.9. The molecule has 3 rings (SSSR count). The summed E-state index contributed by atoms with van der Waals surface area (Å²) in [5, 5.41) is 10.3. The number of aliphatic hydroxyl groups excluding tert-OH is 1. The second-order valence-corrected chi connectivity index (χ2v) is 3.46. The second-order valence-electron chi connectivity index (χ2n) is 3.46. The highest BCUT2D eigenvalue weighted by Crippen LogP contribution is 2.35. The number of rotatable bonds is 0. The quantitative estimate of drug-likeness (QED) is 0.655. The maximum absolute atomic E-state index is 11.5. The van der Waals surface area contributed by atoms with Crippen LogP contribution in [0.4, 0.5) is 0 Å². The van der Waals surface area contributed by atoms with E-state index in [4.69, 9.17) is 9.15 Å². The van der Waals surface area contributed by atoms with E-state index in [1.165, 1.54) is 0 Å². The van der Waals surface area contributed by atoms with Crippen LogP contribution in [0.5, 0.6) is 5.75 Å². The van der Waals surface area contributed by atoms with Crippen molar-refractivity contribution >= 4 is 11.0 Å². The summed E-state index contributed by atoms with van der Waals surface area (Å²) in [5.74, 6) is 0.453. The fraction of sp³-hybridized carbons (Fsp3) is 0.182. The molecule has 0 unspecified atom stereocenters. The Morgan fingerprint density at radius 3 is 3.00 bits per heavy atom. The molecule has 0 amide bonds. The Morgan fingerprint density at radius 2 is 2.13 bits per heavy atom. The Bertz CT molecular complexity index is 585. The molecule has 1 aromatic heterocycles. The zero-order chi connectivity index (χ0) is 10.4. The summed E-state index contributed by atoms with van der Waals surface area (Å²) in [6.07, 6.45) is -0.874. The van der Waals surface area contributed by atoms with Gasteiger partial charge in [-0.05, 0) is 12.1 Å². The average Bonchev–Trinajstić information content (AvgIpc) is 2.62. The lowest BCUT2D eigenvalue weighted by Gasteiger charge is -2.02. The Hall–Kier alpha value is -1.81. The van der Waals surface area contributed by atoms with Crippen LogP contribution in [0, 0.1) is 0 Å². The molecule has 1 N–H and O–H groups in total. The molecule has 0 saturated carbocycles. The number of benzene rings is 1. The lowest BCUT2D eigenvalue weighted by atomic mass is 10.1. The Morgan fingerprint density at radius 1 is 1.33 bits per heavy atom. The maximum atomic E-state index is 11.5. The number of aliphatic hydroxyl groups is 1. The van der Waals surface area contributed by atoms with E-state index in [0.29, 0.717) is 11.3 Å². The summed E-state index contributed by atoms with van der Waals surface area (Å²) in [7, 11) is 0. The van der Waals surface area contributed by atoms with Crippen molar-refractivity contribution in [2.75, 3.05) is 6.61 Å². The first-order chi connectivity index (χ1) is 7.27. The SMILES string of the molecule is O=c1oc2ccccc2c2c1[C@@H](O)CO2. The van der Waals surface area contributed by atoms with E-state index in [9.17, 15) is 9.90 Å². The molecular weight excluding hydrogens is 196 g/mol. The van der Waals surface area contributed by atoms with Crippen LogP contribution in [0.1, 0.15) is 11.7 Å². The van der Waals surface area contributed by atoms with Gasteiger partial charge in [-0.15, -0.1) is 0 Å². The molecule has 4 nitrogen and oxygen atoms in total. The molecule has 2 aromatic rings. The molecule has 1 aliphatic heterocycles. The minimum atomic E-state index is -0.874. The smallest absolute Gasteiger partial charge is 0.346 e. The summed E-state index contributed by atoms with van der Waals surface area (Å²) >= 11 is 0. The molecule has 0 saturated heterocycles. The first-order valence-electron chi connectivity index (χ1n) is 4.64. The number of hydrogen-bond acceptors (Lipinski definition) is 4. The average molecular weight is 204 g/mol. The van der Waals surface area contributed by atoms with Gasteiger partial charge in [0.15, 0.2) is 0 Å². The van der Waals surface area contributed by atoms with Crippen LogP contribution in [0.3, 0.4) is 0 Å². The second kappa shape index (κ2) is 2.84. The van der Waals surface area contributed by atoms with E-state index in [2.05, 4.69) is 0 Å². The van der Waals surface area contributed by atoms with Crippen LogP contribution in [0.25, 0.3) is 11.0 Å². The zero-order valence-corrected chi connectivity index (χ0v) is 7.77. The minimum absolute atomic E-state index is 0.119. The third kappa shape index (κ3) is 1.08. The minimum Gasteiger partial charge on any atom is -0.489 e. The van der Waals surface area contributed by atoms with Crippen LogP contribution in [0.15, 0.2) is 33.5 Å². The van der Waals surface area contributed by atoms with Crippen LogP contribution in [-0.2, 0) is 0 Å². The van der Waals surface area contributed by atoms with E-state index in [0.717, 1.165) is 5.39 Å². The first kappa shape index (κ1) is 8.49. The van der Waals surface area contributed by atoms with E-state index < -0.39 is 11.7 Å². The molecule has 0 spiro atoms. The lowest BCUT2D eigenvalue weighted by Crippen LogP contribution is -2.09. The predicted molar refractivity (Wildman–Crippen MR) is 52.9 cm³/mol. The van der Waals surface area contributed by atoms with Crippen LogP contribution >= 0.6 is 0 Å². The Kier molecular flexibility index (Phi) is 1.61. The van der Waals surface area contributed by atoms with E-state index in [-0.39, 0.29) is 12.2 Å². The molecule has 1 aliphatic rings. The molecule has 0 aliphatic carbocycles. The van der Waals surface area contributed by atoms with Gasteiger partial charge in [0.2, 0.25) is 0 Å². The molecule has 76 valence electrons. The van der Waals surface area contributed by atoms with Crippen LogP contribution < -0.4 is 10.4 Å². The highest BCUT2D eigenvalue weighted by Gasteiger charge is 2.28. The van der Waals surface area contributed by atoms with Gasteiger partial charge < -0.3 is 14.3 Å². The third-order valence-corrected chi connectivity index (χ3v) is 2.52. The van der Waals surface area contributed by atoms with Crippen molar-refractivity contribution in [2.24, 2.45) is 0 Å². The standard InChI is InChI=1S/C11H8O4/c12-7-5-14-10-6-3-1-2-4-8(6)15-11(13)9(7)10/h1-4,7,12H,5H2/t7-/m0/s1. The largest absolute Gasteiger partial charge is 0.489 e. The Balaban J connectivity index is 2.49. The van der Waals surface area contributed by atoms with Gasteiger partial charge in [-0.2, -0.15) is 0 Å². The van der Waals surface area contributed by atoms with Gasteiger partial charge in [0.25, 0.3) is 0 Å². The predicted octanol–water partition coefficient (Wildman–Crippen LogP) is 1.22. The fourth-order valence-corrected chi connectivity index (χ4v) is 1.82. The van der Waals surface area contributed by atoms with Crippen molar-refractivity contribution in [2.45, 2.75) is 6.10 Å². The third-order valence-electron chi connectivity index (χ3n) is 2.52. The zero-order valence-electron chi connectivity index (χ0n) is 7.77. The van der Waals surface area contributed by atoms with Gasteiger partial charge >= 0.3 is 5.63 Å². The van der Waals surface area contributed by atoms with E-state index in [1.54, 1.807) is 18.2 Å². The molecule has 4 heteroatoms. The van der Waals surface area contributed by atoms with Crippen molar-refractivity contribution in [1.29, 1.82) is 0 Å². The van der Waals surface area contributed by atoms with Crippen molar-refractivity contribution in [3.8, 4) is 5.75 Å². The molecular formula is C11H8O4.